The van der Waals surface area contributed by atoms with Crippen LogP contribution in [-0.4, -0.2) is 32.3 Å². The molecule has 1 atom stereocenters. The Hall–Kier alpha value is -0.595. The first-order valence-electron chi connectivity index (χ1n) is 3.15. The minimum absolute atomic E-state index is 0.0926. The second-order valence-electron chi connectivity index (χ2n) is 2.04. The Morgan fingerprint density at radius 2 is 2.67 bits per heavy atom. The Labute approximate surface area is 56.5 Å². The highest BCUT2D eigenvalue weighted by Gasteiger charge is 2.02. The van der Waals surface area contributed by atoms with E-state index in [0.29, 0.717) is 6.54 Å². The molecule has 1 aliphatic rings. The fourth-order valence-corrected chi connectivity index (χ4v) is 0.736. The van der Waals surface area contributed by atoms with Gasteiger partial charge in [-0.25, -0.2) is 0 Å². The van der Waals surface area contributed by atoms with Crippen molar-refractivity contribution in [2.75, 3.05) is 6.54 Å². The van der Waals surface area contributed by atoms with Crippen LogP contribution < -0.4 is 0 Å². The lowest BCUT2D eigenvalue weighted by Gasteiger charge is -2.09. The van der Waals surface area contributed by atoms with Crippen molar-refractivity contribution in [3.63, 3.8) is 0 Å². The molecule has 0 bridgehead atoms. The van der Waals surface area contributed by atoms with Gasteiger partial charge in [-0.3, -0.25) is 9.98 Å². The van der Waals surface area contributed by atoms with Gasteiger partial charge in [0.1, 0.15) is 7.85 Å². The zero-order valence-electron chi connectivity index (χ0n) is 5.54. The minimum Gasteiger partial charge on any atom is -0.293 e. The van der Waals surface area contributed by atoms with Crippen molar-refractivity contribution in [1.29, 1.82) is 0 Å². The van der Waals surface area contributed by atoms with E-state index in [1.807, 2.05) is 6.92 Å². The number of aliphatic imine (C=N–C) groups is 2. The molecule has 1 rings (SSSR count). The predicted octanol–water partition coefficient (Wildman–Crippen LogP) is 0.416. The van der Waals surface area contributed by atoms with Gasteiger partial charge < -0.3 is 0 Å². The van der Waals surface area contributed by atoms with Gasteiger partial charge in [-0.05, 0) is 6.42 Å². The normalized spacial score (nSPS) is 25.9. The summed E-state index contributed by atoms with van der Waals surface area (Å²) in [5, 5.41) is 0. The Balaban J connectivity index is 2.59. The molecular weight excluding hydrogens is 111 g/mol. The van der Waals surface area contributed by atoms with E-state index in [4.69, 9.17) is 7.85 Å². The average Bonchev–Trinajstić information content (AvgIpc) is 1.88. The molecule has 0 aromatic carbocycles. The first kappa shape index (κ1) is 6.52. The molecule has 46 valence electrons. The SMILES string of the molecule is [B]C1CN=CC(CC)=N1. The Morgan fingerprint density at radius 3 is 3.11 bits per heavy atom. The molecule has 2 radical (unpaired) electrons. The highest BCUT2D eigenvalue weighted by atomic mass is 14.9. The van der Waals surface area contributed by atoms with Crippen molar-refractivity contribution in [1.82, 2.24) is 0 Å². The van der Waals surface area contributed by atoms with Crippen LogP contribution >= 0.6 is 0 Å². The summed E-state index contributed by atoms with van der Waals surface area (Å²) >= 11 is 0. The van der Waals surface area contributed by atoms with Gasteiger partial charge in [-0.2, -0.15) is 0 Å². The first-order valence-corrected chi connectivity index (χ1v) is 3.15. The molecule has 1 aliphatic heterocycles. The van der Waals surface area contributed by atoms with Gasteiger partial charge in [0, 0.05) is 12.2 Å². The number of hydrogen-bond acceptors (Lipinski definition) is 2. The molecule has 0 spiro atoms. The summed E-state index contributed by atoms with van der Waals surface area (Å²) in [6.45, 7) is 2.69. The topological polar surface area (TPSA) is 24.7 Å². The third kappa shape index (κ3) is 1.66. The molecule has 0 N–H and O–H groups in total. The lowest BCUT2D eigenvalue weighted by molar-refractivity contribution is 0.889. The fourth-order valence-electron chi connectivity index (χ4n) is 0.736. The highest BCUT2D eigenvalue weighted by Crippen LogP contribution is 1.95. The van der Waals surface area contributed by atoms with E-state index < -0.39 is 0 Å². The van der Waals surface area contributed by atoms with Gasteiger partial charge in [0.2, 0.25) is 0 Å². The van der Waals surface area contributed by atoms with Crippen LogP contribution in [0.1, 0.15) is 13.3 Å². The molecule has 0 fully saturated rings. The summed E-state index contributed by atoms with van der Waals surface area (Å²) in [7, 11) is 5.50. The zero-order chi connectivity index (χ0) is 6.69. The molecule has 0 aromatic heterocycles. The van der Waals surface area contributed by atoms with Gasteiger partial charge >= 0.3 is 0 Å². The van der Waals surface area contributed by atoms with E-state index in [1.165, 1.54) is 0 Å². The molecule has 1 unspecified atom stereocenters. The molecule has 3 heteroatoms. The molecule has 2 nitrogen and oxygen atoms in total. The zero-order valence-corrected chi connectivity index (χ0v) is 5.54. The van der Waals surface area contributed by atoms with Crippen LogP contribution in [0.25, 0.3) is 0 Å². The molecule has 0 saturated heterocycles. The molecule has 0 amide bonds. The summed E-state index contributed by atoms with van der Waals surface area (Å²) in [4.78, 5) is 8.18. The molecular formula is C6H9BN2. The van der Waals surface area contributed by atoms with Gasteiger partial charge in [0.25, 0.3) is 0 Å². The molecule has 0 aliphatic carbocycles. The van der Waals surface area contributed by atoms with E-state index in [9.17, 15) is 0 Å². The summed E-state index contributed by atoms with van der Waals surface area (Å²) in [5.41, 5.74) is 1.01. The largest absolute Gasteiger partial charge is 0.293 e. The van der Waals surface area contributed by atoms with Gasteiger partial charge in [0.15, 0.2) is 0 Å². The third-order valence-electron chi connectivity index (χ3n) is 1.23. The second kappa shape index (κ2) is 2.81. The van der Waals surface area contributed by atoms with Gasteiger partial charge in [0.05, 0.1) is 12.3 Å². The van der Waals surface area contributed by atoms with E-state index >= 15 is 0 Å². The maximum absolute atomic E-state index is 5.50. The van der Waals surface area contributed by atoms with Crippen molar-refractivity contribution < 1.29 is 0 Å². The van der Waals surface area contributed by atoms with Crippen LogP contribution in [0.15, 0.2) is 9.98 Å². The van der Waals surface area contributed by atoms with E-state index in [2.05, 4.69) is 9.98 Å². The highest BCUT2D eigenvalue weighted by molar-refractivity contribution is 6.32. The molecule has 1 heterocycles. The quantitative estimate of drug-likeness (QED) is 0.448. The minimum atomic E-state index is -0.0926. The lowest BCUT2D eigenvalue weighted by Crippen LogP contribution is -2.18. The van der Waals surface area contributed by atoms with E-state index in [-0.39, 0.29) is 5.94 Å². The summed E-state index contributed by atoms with van der Waals surface area (Å²) < 4.78 is 0. The lowest BCUT2D eigenvalue weighted by atomic mass is 9.96. The predicted molar refractivity (Wildman–Crippen MR) is 40.6 cm³/mol. The van der Waals surface area contributed by atoms with Crippen LogP contribution in [0.4, 0.5) is 0 Å². The summed E-state index contributed by atoms with van der Waals surface area (Å²) in [6.07, 6.45) is 2.72. The molecule has 0 aromatic rings. The number of hydrogen-bond donors (Lipinski definition) is 0. The maximum Gasteiger partial charge on any atom is 0.104 e. The molecule has 0 saturated carbocycles. The van der Waals surface area contributed by atoms with Crippen LogP contribution in [0.5, 0.6) is 0 Å². The maximum atomic E-state index is 5.50. The smallest absolute Gasteiger partial charge is 0.104 e. The second-order valence-corrected chi connectivity index (χ2v) is 2.04. The van der Waals surface area contributed by atoms with Crippen molar-refractivity contribution in [2.45, 2.75) is 19.3 Å². The van der Waals surface area contributed by atoms with Gasteiger partial charge in [-0.1, -0.05) is 6.92 Å². The van der Waals surface area contributed by atoms with Gasteiger partial charge in [-0.15, -0.1) is 0 Å². The van der Waals surface area contributed by atoms with Crippen molar-refractivity contribution in [2.24, 2.45) is 9.98 Å². The van der Waals surface area contributed by atoms with Crippen molar-refractivity contribution in [3.8, 4) is 0 Å². The fraction of sp³-hybridized carbons (Fsp3) is 0.667. The monoisotopic (exact) mass is 120 g/mol. The Kier molecular flexibility index (Phi) is 2.03. The Morgan fingerprint density at radius 1 is 1.89 bits per heavy atom. The Bertz CT molecular complexity index is 151. The first-order chi connectivity index (χ1) is 4.33. The standard InChI is InChI=1S/C6H9BN2/c1-2-5-3-8-4-6(7)9-5/h3,6H,2,4H2,1H3. The van der Waals surface area contributed by atoms with Crippen LogP contribution in [0.2, 0.25) is 0 Å². The third-order valence-corrected chi connectivity index (χ3v) is 1.23. The van der Waals surface area contributed by atoms with Crippen LogP contribution in [-0.2, 0) is 0 Å². The number of nitrogens with zero attached hydrogens (tertiary/aromatic N) is 2. The summed E-state index contributed by atoms with van der Waals surface area (Å²) in [6, 6.07) is 0. The van der Waals surface area contributed by atoms with E-state index in [0.717, 1.165) is 12.1 Å². The average molecular weight is 120 g/mol. The molecule has 9 heavy (non-hydrogen) atoms. The van der Waals surface area contributed by atoms with E-state index in [1.54, 1.807) is 6.21 Å². The van der Waals surface area contributed by atoms with Crippen molar-refractivity contribution >= 4 is 19.8 Å². The summed E-state index contributed by atoms with van der Waals surface area (Å²) in [5.74, 6) is -0.0926. The van der Waals surface area contributed by atoms with Crippen molar-refractivity contribution in [3.05, 3.63) is 0 Å². The van der Waals surface area contributed by atoms with Crippen LogP contribution in [0.3, 0.4) is 0 Å². The number of rotatable bonds is 1. The van der Waals surface area contributed by atoms with Crippen LogP contribution in [0, 0.1) is 0 Å².